The summed E-state index contributed by atoms with van der Waals surface area (Å²) < 4.78 is 33.0. The van der Waals surface area contributed by atoms with Crippen LogP contribution in [0.25, 0.3) is 0 Å². The van der Waals surface area contributed by atoms with Crippen LogP contribution in [-0.2, 0) is 4.84 Å². The van der Waals surface area contributed by atoms with Gasteiger partial charge in [0.2, 0.25) is 0 Å². The van der Waals surface area contributed by atoms with Crippen molar-refractivity contribution in [3.05, 3.63) is 0 Å². The van der Waals surface area contributed by atoms with E-state index in [1.165, 1.54) is 5.48 Å². The molecule has 3 nitrogen and oxygen atoms in total. The SMILES string of the molecule is NC(=S)NOC(F)(F)F. The third-order valence-corrected chi connectivity index (χ3v) is 0.351. The van der Waals surface area contributed by atoms with Crippen LogP contribution in [0.3, 0.4) is 0 Å². The van der Waals surface area contributed by atoms with Crippen LogP contribution in [0.15, 0.2) is 0 Å². The molecule has 0 bridgehead atoms. The van der Waals surface area contributed by atoms with E-state index < -0.39 is 11.5 Å². The normalized spacial score (nSPS) is 11.0. The Bertz CT molecular complexity index is 113. The molecule has 0 amide bonds. The highest BCUT2D eigenvalue weighted by molar-refractivity contribution is 7.80. The Morgan fingerprint density at radius 1 is 1.56 bits per heavy atom. The van der Waals surface area contributed by atoms with Crippen molar-refractivity contribution in [2.75, 3.05) is 0 Å². The molecule has 54 valence electrons. The lowest BCUT2D eigenvalue weighted by molar-refractivity contribution is -0.341. The van der Waals surface area contributed by atoms with Gasteiger partial charge in [-0.15, -0.1) is 13.2 Å². The molecule has 0 fully saturated rings. The minimum Gasteiger partial charge on any atom is -0.375 e. The van der Waals surface area contributed by atoms with Gasteiger partial charge in [-0.3, -0.25) is 0 Å². The van der Waals surface area contributed by atoms with Gasteiger partial charge in [0.05, 0.1) is 0 Å². The number of hydroxylamine groups is 1. The van der Waals surface area contributed by atoms with Crippen molar-refractivity contribution < 1.29 is 18.0 Å². The largest absolute Gasteiger partial charge is 0.543 e. The summed E-state index contributed by atoms with van der Waals surface area (Å²) in [7, 11) is 0. The molecular weight excluding hydrogens is 157 g/mol. The number of rotatable bonds is 1. The zero-order chi connectivity index (χ0) is 7.49. The molecule has 0 aliphatic carbocycles. The minimum absolute atomic E-state index is 0.563. The first kappa shape index (κ1) is 8.44. The maximum absolute atomic E-state index is 11.0. The van der Waals surface area contributed by atoms with Gasteiger partial charge in [-0.25, -0.2) is 5.48 Å². The summed E-state index contributed by atoms with van der Waals surface area (Å²) in [6, 6.07) is 0. The first-order valence-electron chi connectivity index (χ1n) is 1.72. The highest BCUT2D eigenvalue weighted by Crippen LogP contribution is 2.13. The molecule has 0 aromatic heterocycles. The fraction of sp³-hybridized carbons (Fsp3) is 0.500. The molecule has 0 aliphatic heterocycles. The monoisotopic (exact) mass is 160 g/mol. The van der Waals surface area contributed by atoms with Crippen molar-refractivity contribution in [1.82, 2.24) is 5.48 Å². The lowest BCUT2D eigenvalue weighted by Gasteiger charge is -2.05. The van der Waals surface area contributed by atoms with Crippen molar-refractivity contribution in [3.63, 3.8) is 0 Å². The molecule has 3 N–H and O–H groups in total. The van der Waals surface area contributed by atoms with E-state index in [9.17, 15) is 13.2 Å². The van der Waals surface area contributed by atoms with E-state index in [1.54, 1.807) is 0 Å². The lowest BCUT2D eigenvalue weighted by atomic mass is 11.2. The summed E-state index contributed by atoms with van der Waals surface area (Å²) in [6.07, 6.45) is -4.75. The maximum atomic E-state index is 11.0. The summed E-state index contributed by atoms with van der Waals surface area (Å²) >= 11 is 4.01. The Balaban J connectivity index is 3.39. The van der Waals surface area contributed by atoms with Gasteiger partial charge in [0.1, 0.15) is 0 Å². The van der Waals surface area contributed by atoms with Crippen LogP contribution in [0.5, 0.6) is 0 Å². The average Bonchev–Trinajstić information content (AvgIpc) is 1.59. The van der Waals surface area contributed by atoms with Crippen LogP contribution in [0, 0.1) is 0 Å². The van der Waals surface area contributed by atoms with E-state index >= 15 is 0 Å². The maximum Gasteiger partial charge on any atom is 0.543 e. The Hall–Kier alpha value is -0.560. The van der Waals surface area contributed by atoms with Crippen molar-refractivity contribution in [3.8, 4) is 0 Å². The van der Waals surface area contributed by atoms with Gasteiger partial charge in [0, 0.05) is 0 Å². The highest BCUT2D eigenvalue weighted by Gasteiger charge is 2.30. The van der Waals surface area contributed by atoms with Gasteiger partial charge >= 0.3 is 6.36 Å². The second kappa shape index (κ2) is 2.83. The number of alkyl halides is 3. The number of hydrogen-bond donors (Lipinski definition) is 2. The van der Waals surface area contributed by atoms with E-state index in [-0.39, 0.29) is 0 Å². The third kappa shape index (κ3) is 7.44. The van der Waals surface area contributed by atoms with Crippen LogP contribution in [0.1, 0.15) is 0 Å². The molecule has 0 saturated carbocycles. The fourth-order valence-electron chi connectivity index (χ4n) is 0.108. The van der Waals surface area contributed by atoms with E-state index in [0.717, 1.165) is 0 Å². The molecule has 0 radical (unpaired) electrons. The van der Waals surface area contributed by atoms with E-state index in [0.29, 0.717) is 0 Å². The summed E-state index contributed by atoms with van der Waals surface area (Å²) in [5, 5.41) is -0.563. The summed E-state index contributed by atoms with van der Waals surface area (Å²) in [6.45, 7) is 0. The van der Waals surface area contributed by atoms with Crippen molar-refractivity contribution in [2.24, 2.45) is 5.73 Å². The topological polar surface area (TPSA) is 47.3 Å². The van der Waals surface area contributed by atoms with Gasteiger partial charge in [-0.1, -0.05) is 0 Å². The quantitative estimate of drug-likeness (QED) is 0.427. The standard InChI is InChI=1S/C2H3F3N2OS/c3-2(4,5)8-7-1(6)9/h(H3,6,7,9). The molecule has 0 unspecified atom stereocenters. The molecule has 0 aromatic rings. The van der Waals surface area contributed by atoms with Crippen LogP contribution in [0.2, 0.25) is 0 Å². The molecule has 0 spiro atoms. The number of thiocarbonyl (C=S) groups is 1. The smallest absolute Gasteiger partial charge is 0.375 e. The average molecular weight is 160 g/mol. The van der Waals surface area contributed by atoms with Crippen LogP contribution < -0.4 is 11.2 Å². The number of hydrogen-bond acceptors (Lipinski definition) is 2. The molecular formula is C2H3F3N2OS. The molecule has 0 aromatic carbocycles. The Morgan fingerprint density at radius 2 is 2.00 bits per heavy atom. The predicted molar refractivity (Wildman–Crippen MR) is 27.1 cm³/mol. The molecule has 0 atom stereocenters. The van der Waals surface area contributed by atoms with Crippen molar-refractivity contribution in [1.29, 1.82) is 0 Å². The zero-order valence-electron chi connectivity index (χ0n) is 4.03. The fourth-order valence-corrected chi connectivity index (χ4v) is 0.150. The Labute approximate surface area is 53.9 Å². The number of nitrogens with two attached hydrogens (primary N) is 1. The van der Waals surface area contributed by atoms with Gasteiger partial charge in [-0.2, -0.15) is 4.84 Å². The highest BCUT2D eigenvalue weighted by atomic mass is 32.1. The molecule has 0 saturated heterocycles. The van der Waals surface area contributed by atoms with Gasteiger partial charge in [0.25, 0.3) is 0 Å². The van der Waals surface area contributed by atoms with Crippen LogP contribution >= 0.6 is 12.2 Å². The number of halogens is 3. The zero-order valence-corrected chi connectivity index (χ0v) is 4.84. The van der Waals surface area contributed by atoms with Crippen molar-refractivity contribution in [2.45, 2.75) is 6.36 Å². The first-order chi connectivity index (χ1) is 3.92. The third-order valence-electron chi connectivity index (χ3n) is 0.267. The summed E-state index contributed by atoms with van der Waals surface area (Å²) in [4.78, 5) is 2.97. The van der Waals surface area contributed by atoms with Gasteiger partial charge < -0.3 is 5.73 Å². The molecule has 0 heterocycles. The minimum atomic E-state index is -4.75. The predicted octanol–water partition coefficient (Wildman–Crippen LogP) is 0.271. The van der Waals surface area contributed by atoms with Gasteiger partial charge in [0.15, 0.2) is 5.11 Å². The van der Waals surface area contributed by atoms with E-state index in [4.69, 9.17) is 0 Å². The second-order valence-electron chi connectivity index (χ2n) is 1.01. The first-order valence-corrected chi connectivity index (χ1v) is 2.13. The molecule has 0 rings (SSSR count). The molecule has 7 heteroatoms. The Kier molecular flexibility index (Phi) is 2.65. The Morgan fingerprint density at radius 3 is 2.11 bits per heavy atom. The second-order valence-corrected chi connectivity index (χ2v) is 1.45. The van der Waals surface area contributed by atoms with Crippen LogP contribution in [-0.4, -0.2) is 11.5 Å². The van der Waals surface area contributed by atoms with E-state index in [2.05, 4.69) is 22.8 Å². The lowest BCUT2D eigenvalue weighted by Crippen LogP contribution is -2.34. The molecule has 0 aliphatic rings. The van der Waals surface area contributed by atoms with Crippen molar-refractivity contribution >= 4 is 17.3 Å². The summed E-state index contributed by atoms with van der Waals surface area (Å²) in [5.41, 5.74) is 5.86. The van der Waals surface area contributed by atoms with Crippen LogP contribution in [0.4, 0.5) is 13.2 Å². The molecule has 9 heavy (non-hydrogen) atoms. The van der Waals surface area contributed by atoms with E-state index in [1.807, 2.05) is 0 Å². The summed E-state index contributed by atoms with van der Waals surface area (Å²) in [5.74, 6) is 0. The van der Waals surface area contributed by atoms with Gasteiger partial charge in [-0.05, 0) is 12.2 Å². The number of nitrogens with one attached hydrogen (secondary N) is 1.